The Kier molecular flexibility index (Phi) is 5.95. The summed E-state index contributed by atoms with van der Waals surface area (Å²) in [5.41, 5.74) is 1.47. The Balaban J connectivity index is 1.73. The number of benzene rings is 2. The molecule has 0 aliphatic carbocycles. The van der Waals surface area contributed by atoms with Crippen molar-refractivity contribution in [3.8, 4) is 5.75 Å². The first-order valence-electron chi connectivity index (χ1n) is 8.36. The number of carbonyl (C=O) groups is 3. The number of nitrogens with zero attached hydrogens (tertiary/aromatic N) is 1. The standard InChI is InChI=1S/C20H15ClN2O5S/c1-23-18(25)14(17(24)22-20(23)29)8-12-4-7-16(15(21)9-12)28-10-11-2-5-13(6-3-11)19(26)27/h2-9H,10H2,1H3,(H,26,27)(H,22,24,29)/b14-8+. The van der Waals surface area contributed by atoms with Crippen LogP contribution in [0.5, 0.6) is 5.75 Å². The van der Waals surface area contributed by atoms with E-state index in [2.05, 4.69) is 5.32 Å². The lowest BCUT2D eigenvalue weighted by molar-refractivity contribution is -0.128. The van der Waals surface area contributed by atoms with Crippen molar-refractivity contribution in [3.63, 3.8) is 0 Å². The van der Waals surface area contributed by atoms with Crippen molar-refractivity contribution in [1.82, 2.24) is 10.2 Å². The zero-order valence-electron chi connectivity index (χ0n) is 15.1. The van der Waals surface area contributed by atoms with Gasteiger partial charge in [-0.25, -0.2) is 4.79 Å². The van der Waals surface area contributed by atoms with E-state index in [-0.39, 0.29) is 22.9 Å². The number of carboxylic acid groups (broad SMARTS) is 1. The molecule has 1 aliphatic rings. The molecule has 3 rings (SSSR count). The van der Waals surface area contributed by atoms with Gasteiger partial charge in [0.15, 0.2) is 5.11 Å². The summed E-state index contributed by atoms with van der Waals surface area (Å²) in [5.74, 6) is -1.66. The van der Waals surface area contributed by atoms with Crippen LogP contribution in [0.4, 0.5) is 0 Å². The van der Waals surface area contributed by atoms with Gasteiger partial charge in [-0.3, -0.25) is 19.8 Å². The molecule has 2 aromatic rings. The fraction of sp³-hybridized carbons (Fsp3) is 0.100. The van der Waals surface area contributed by atoms with Crippen molar-refractivity contribution in [2.75, 3.05) is 7.05 Å². The van der Waals surface area contributed by atoms with E-state index in [1.807, 2.05) is 0 Å². The zero-order chi connectivity index (χ0) is 21.1. The molecule has 0 unspecified atom stereocenters. The molecule has 1 saturated heterocycles. The average Bonchev–Trinajstić information content (AvgIpc) is 2.69. The van der Waals surface area contributed by atoms with Crippen molar-refractivity contribution in [2.45, 2.75) is 6.61 Å². The molecule has 0 spiro atoms. The molecule has 1 heterocycles. The molecule has 0 saturated carbocycles. The summed E-state index contributed by atoms with van der Waals surface area (Å²) in [4.78, 5) is 36.3. The number of hydrogen-bond donors (Lipinski definition) is 2. The maximum absolute atomic E-state index is 12.2. The predicted molar refractivity (Wildman–Crippen MR) is 111 cm³/mol. The summed E-state index contributed by atoms with van der Waals surface area (Å²) in [6.45, 7) is 0.198. The normalized spacial score (nSPS) is 15.4. The van der Waals surface area contributed by atoms with Crippen LogP contribution in [-0.4, -0.2) is 40.0 Å². The second kappa shape index (κ2) is 8.42. The largest absolute Gasteiger partial charge is 0.487 e. The number of likely N-dealkylation sites (N-methyl/N-ethyl adjacent to an activating group) is 1. The lowest BCUT2D eigenvalue weighted by Crippen LogP contribution is -2.52. The Morgan fingerprint density at radius 1 is 1.24 bits per heavy atom. The first-order valence-corrected chi connectivity index (χ1v) is 9.14. The van der Waals surface area contributed by atoms with E-state index in [0.717, 1.165) is 5.56 Å². The fourth-order valence-electron chi connectivity index (χ4n) is 2.54. The number of thiocarbonyl (C=S) groups is 1. The van der Waals surface area contributed by atoms with Gasteiger partial charge in [0, 0.05) is 7.05 Å². The molecule has 1 fully saturated rings. The van der Waals surface area contributed by atoms with Crippen LogP contribution < -0.4 is 10.1 Å². The van der Waals surface area contributed by atoms with Crippen molar-refractivity contribution in [3.05, 3.63) is 69.8 Å². The van der Waals surface area contributed by atoms with Crippen molar-refractivity contribution in [2.24, 2.45) is 0 Å². The maximum Gasteiger partial charge on any atom is 0.335 e. The van der Waals surface area contributed by atoms with Gasteiger partial charge in [0.05, 0.1) is 10.6 Å². The number of ether oxygens (including phenoxy) is 1. The van der Waals surface area contributed by atoms with Gasteiger partial charge in [-0.05, 0) is 53.7 Å². The first kappa shape index (κ1) is 20.5. The molecule has 2 aromatic carbocycles. The van der Waals surface area contributed by atoms with Gasteiger partial charge in [-0.2, -0.15) is 0 Å². The first-order chi connectivity index (χ1) is 13.8. The minimum absolute atomic E-state index is 0.0512. The molecule has 0 aromatic heterocycles. The lowest BCUT2D eigenvalue weighted by atomic mass is 10.1. The summed E-state index contributed by atoms with van der Waals surface area (Å²) >= 11 is 11.2. The van der Waals surface area contributed by atoms with Crippen LogP contribution >= 0.6 is 23.8 Å². The van der Waals surface area contributed by atoms with Crippen LogP contribution in [-0.2, 0) is 16.2 Å². The Hall–Kier alpha value is -3.23. The second-order valence-corrected chi connectivity index (χ2v) is 6.96. The van der Waals surface area contributed by atoms with Crippen molar-refractivity contribution in [1.29, 1.82) is 0 Å². The molecule has 29 heavy (non-hydrogen) atoms. The third-order valence-electron chi connectivity index (χ3n) is 4.17. The summed E-state index contributed by atoms with van der Waals surface area (Å²) in [5, 5.41) is 11.7. The molecule has 0 radical (unpaired) electrons. The molecule has 7 nitrogen and oxygen atoms in total. The lowest BCUT2D eigenvalue weighted by Gasteiger charge is -2.25. The van der Waals surface area contributed by atoms with Gasteiger partial charge in [-0.1, -0.05) is 29.8 Å². The number of nitrogens with one attached hydrogen (secondary N) is 1. The van der Waals surface area contributed by atoms with E-state index in [1.54, 1.807) is 30.3 Å². The average molecular weight is 431 g/mol. The highest BCUT2D eigenvalue weighted by Gasteiger charge is 2.30. The summed E-state index contributed by atoms with van der Waals surface area (Å²) in [6, 6.07) is 11.2. The maximum atomic E-state index is 12.2. The minimum atomic E-state index is -0.997. The predicted octanol–water partition coefficient (Wildman–Crippen LogP) is 2.87. The van der Waals surface area contributed by atoms with Gasteiger partial charge in [-0.15, -0.1) is 0 Å². The van der Waals surface area contributed by atoms with Crippen molar-refractivity contribution >= 4 is 52.8 Å². The molecule has 9 heteroatoms. The number of amides is 2. The SMILES string of the molecule is CN1C(=O)/C(=C/c2ccc(OCc3ccc(C(=O)O)cc3)c(Cl)c2)C(=O)NC1=S. The Labute approximate surface area is 176 Å². The summed E-state index contributed by atoms with van der Waals surface area (Å²) in [7, 11) is 1.48. The van der Waals surface area contributed by atoms with Crippen molar-refractivity contribution < 1.29 is 24.2 Å². The Morgan fingerprint density at radius 2 is 1.93 bits per heavy atom. The Bertz CT molecular complexity index is 1050. The molecule has 2 N–H and O–H groups in total. The van der Waals surface area contributed by atoms with E-state index < -0.39 is 17.8 Å². The van der Waals surface area contributed by atoms with Gasteiger partial charge in [0.25, 0.3) is 11.8 Å². The number of aromatic carboxylic acids is 1. The highest BCUT2D eigenvalue weighted by molar-refractivity contribution is 7.80. The van der Waals surface area contributed by atoms with Crippen LogP contribution in [0.25, 0.3) is 6.08 Å². The second-order valence-electron chi connectivity index (χ2n) is 6.16. The number of carbonyl (C=O) groups excluding carboxylic acids is 2. The smallest absolute Gasteiger partial charge is 0.335 e. The van der Waals surface area contributed by atoms with E-state index in [9.17, 15) is 14.4 Å². The van der Waals surface area contributed by atoms with Crippen LogP contribution in [0, 0.1) is 0 Å². The molecule has 0 bridgehead atoms. The highest BCUT2D eigenvalue weighted by Crippen LogP contribution is 2.27. The van der Waals surface area contributed by atoms with Gasteiger partial charge < -0.3 is 9.84 Å². The molecule has 2 amide bonds. The van der Waals surface area contributed by atoms with E-state index in [4.69, 9.17) is 33.7 Å². The van der Waals surface area contributed by atoms with Gasteiger partial charge >= 0.3 is 5.97 Å². The molecular weight excluding hydrogens is 416 g/mol. The summed E-state index contributed by atoms with van der Waals surface area (Å²) in [6.07, 6.45) is 1.43. The molecule has 148 valence electrons. The van der Waals surface area contributed by atoms with E-state index in [1.165, 1.54) is 30.2 Å². The topological polar surface area (TPSA) is 95.9 Å². The van der Waals surface area contributed by atoms with Crippen LogP contribution in [0.2, 0.25) is 5.02 Å². The number of halogens is 1. The molecular formula is C20H15ClN2O5S. The third-order valence-corrected chi connectivity index (χ3v) is 4.84. The fourth-order valence-corrected chi connectivity index (χ4v) is 2.96. The zero-order valence-corrected chi connectivity index (χ0v) is 16.7. The Morgan fingerprint density at radius 3 is 2.55 bits per heavy atom. The van der Waals surface area contributed by atoms with Crippen LogP contribution in [0.1, 0.15) is 21.5 Å². The number of hydrogen-bond acceptors (Lipinski definition) is 5. The van der Waals surface area contributed by atoms with Crippen LogP contribution in [0.3, 0.4) is 0 Å². The van der Waals surface area contributed by atoms with E-state index >= 15 is 0 Å². The number of carboxylic acids is 1. The third kappa shape index (κ3) is 4.61. The van der Waals surface area contributed by atoms with E-state index in [0.29, 0.717) is 16.3 Å². The van der Waals surface area contributed by atoms with Crippen LogP contribution in [0.15, 0.2) is 48.0 Å². The molecule has 1 aliphatic heterocycles. The highest BCUT2D eigenvalue weighted by atomic mass is 35.5. The summed E-state index contributed by atoms with van der Waals surface area (Å²) < 4.78 is 5.67. The quantitative estimate of drug-likeness (QED) is 0.430. The van der Waals surface area contributed by atoms with Gasteiger partial charge in [0.1, 0.15) is 17.9 Å². The minimum Gasteiger partial charge on any atom is -0.487 e. The number of rotatable bonds is 5. The molecule has 0 atom stereocenters. The monoisotopic (exact) mass is 430 g/mol. The van der Waals surface area contributed by atoms with Gasteiger partial charge in [0.2, 0.25) is 0 Å².